The minimum Gasteiger partial charge on any atom is -0.314 e. The van der Waals surface area contributed by atoms with Crippen LogP contribution >= 0.6 is 11.3 Å². The van der Waals surface area contributed by atoms with Crippen molar-refractivity contribution in [3.05, 3.63) is 16.1 Å². The zero-order valence-corrected chi connectivity index (χ0v) is 10.4. The van der Waals surface area contributed by atoms with Gasteiger partial charge in [-0.05, 0) is 19.4 Å². The molecule has 1 heterocycles. The zero-order valence-electron chi connectivity index (χ0n) is 9.55. The van der Waals surface area contributed by atoms with Crippen molar-refractivity contribution in [2.75, 3.05) is 6.54 Å². The molecule has 0 bridgehead atoms. The van der Waals surface area contributed by atoms with Crippen LogP contribution in [0.3, 0.4) is 0 Å². The third-order valence-electron chi connectivity index (χ3n) is 3.11. The monoisotopic (exact) mass is 264 g/mol. The number of halogens is 3. The standard InChI is InChI=1S/C11H15F3N2S/c1-2-15-8-5-3-4-7(8)9-6-16-10(17-9)11(12,13)14/h6-8,15H,2-5H2,1H3. The summed E-state index contributed by atoms with van der Waals surface area (Å²) in [5, 5.41) is 2.61. The molecular weight excluding hydrogens is 249 g/mol. The minimum atomic E-state index is -4.31. The summed E-state index contributed by atoms with van der Waals surface area (Å²) in [6.45, 7) is 2.87. The molecule has 0 radical (unpaired) electrons. The minimum absolute atomic E-state index is 0.198. The quantitative estimate of drug-likeness (QED) is 0.905. The molecule has 1 aromatic heterocycles. The molecule has 0 saturated heterocycles. The largest absolute Gasteiger partial charge is 0.443 e. The van der Waals surface area contributed by atoms with Crippen molar-refractivity contribution in [2.24, 2.45) is 0 Å². The highest BCUT2D eigenvalue weighted by molar-refractivity contribution is 7.11. The fourth-order valence-electron chi connectivity index (χ4n) is 2.40. The smallest absolute Gasteiger partial charge is 0.314 e. The van der Waals surface area contributed by atoms with Gasteiger partial charge in [-0.3, -0.25) is 0 Å². The predicted molar refractivity (Wildman–Crippen MR) is 61.2 cm³/mol. The fourth-order valence-corrected chi connectivity index (χ4v) is 3.38. The van der Waals surface area contributed by atoms with E-state index in [1.54, 1.807) is 0 Å². The number of hydrogen-bond acceptors (Lipinski definition) is 3. The first-order chi connectivity index (χ1) is 8.02. The van der Waals surface area contributed by atoms with Crippen LogP contribution in [-0.4, -0.2) is 17.6 Å². The summed E-state index contributed by atoms with van der Waals surface area (Å²) in [6.07, 6.45) is 0.152. The van der Waals surface area contributed by atoms with E-state index in [2.05, 4.69) is 10.3 Å². The lowest BCUT2D eigenvalue weighted by Gasteiger charge is -2.18. The number of likely N-dealkylation sites (N-methyl/N-ethyl adjacent to an activating group) is 1. The summed E-state index contributed by atoms with van der Waals surface area (Å²) < 4.78 is 37.4. The van der Waals surface area contributed by atoms with Crippen LogP contribution in [0.5, 0.6) is 0 Å². The van der Waals surface area contributed by atoms with E-state index in [1.165, 1.54) is 6.20 Å². The van der Waals surface area contributed by atoms with Crippen molar-refractivity contribution in [1.29, 1.82) is 0 Å². The molecule has 6 heteroatoms. The number of thiazole rings is 1. The molecule has 0 spiro atoms. The van der Waals surface area contributed by atoms with E-state index in [1.807, 2.05) is 6.92 Å². The van der Waals surface area contributed by atoms with E-state index < -0.39 is 11.2 Å². The Morgan fingerprint density at radius 1 is 1.47 bits per heavy atom. The molecule has 0 aliphatic heterocycles. The summed E-state index contributed by atoms with van der Waals surface area (Å²) in [5.74, 6) is 0.198. The second-order valence-electron chi connectivity index (χ2n) is 4.27. The Labute approximate surface area is 102 Å². The van der Waals surface area contributed by atoms with Gasteiger partial charge in [0.1, 0.15) is 0 Å². The average molecular weight is 264 g/mol. The molecule has 0 aromatic carbocycles. The Balaban J connectivity index is 2.14. The topological polar surface area (TPSA) is 24.9 Å². The van der Waals surface area contributed by atoms with E-state index in [0.29, 0.717) is 6.04 Å². The van der Waals surface area contributed by atoms with Crippen molar-refractivity contribution < 1.29 is 13.2 Å². The molecule has 2 rings (SSSR count). The normalized spacial score (nSPS) is 25.4. The molecule has 1 aliphatic rings. The van der Waals surface area contributed by atoms with E-state index in [9.17, 15) is 13.2 Å². The molecule has 17 heavy (non-hydrogen) atoms. The summed E-state index contributed by atoms with van der Waals surface area (Å²) in [6, 6.07) is 0.307. The van der Waals surface area contributed by atoms with Crippen molar-refractivity contribution in [3.63, 3.8) is 0 Å². The fraction of sp³-hybridized carbons (Fsp3) is 0.727. The van der Waals surface area contributed by atoms with Crippen molar-refractivity contribution in [2.45, 2.75) is 44.3 Å². The Kier molecular flexibility index (Phi) is 3.73. The molecule has 2 atom stereocenters. The number of rotatable bonds is 3. The first-order valence-corrected chi connectivity index (χ1v) is 6.60. The van der Waals surface area contributed by atoms with Crippen LogP contribution in [0.2, 0.25) is 0 Å². The lowest BCUT2D eigenvalue weighted by atomic mass is 10.0. The molecule has 1 aliphatic carbocycles. The maximum absolute atomic E-state index is 12.5. The Hall–Kier alpha value is -0.620. The van der Waals surface area contributed by atoms with Crippen LogP contribution in [0.4, 0.5) is 13.2 Å². The summed E-state index contributed by atoms with van der Waals surface area (Å²) in [4.78, 5) is 4.26. The molecule has 1 fully saturated rings. The van der Waals surface area contributed by atoms with Gasteiger partial charge in [0, 0.05) is 23.0 Å². The van der Waals surface area contributed by atoms with Crippen molar-refractivity contribution >= 4 is 11.3 Å². The molecule has 1 saturated carbocycles. The molecule has 2 nitrogen and oxygen atoms in total. The van der Waals surface area contributed by atoms with E-state index in [-0.39, 0.29) is 5.92 Å². The van der Waals surface area contributed by atoms with E-state index in [0.717, 1.165) is 42.0 Å². The molecule has 2 unspecified atom stereocenters. The van der Waals surface area contributed by atoms with Crippen molar-refractivity contribution in [3.8, 4) is 0 Å². The molecule has 1 aromatic rings. The number of aromatic nitrogens is 1. The van der Waals surface area contributed by atoms with Crippen LogP contribution in [0.25, 0.3) is 0 Å². The third kappa shape index (κ3) is 2.80. The third-order valence-corrected chi connectivity index (χ3v) is 4.29. The van der Waals surface area contributed by atoms with Gasteiger partial charge in [-0.1, -0.05) is 13.3 Å². The molecule has 96 valence electrons. The number of alkyl halides is 3. The van der Waals surface area contributed by atoms with Crippen LogP contribution in [0, 0.1) is 0 Å². The maximum Gasteiger partial charge on any atom is 0.443 e. The first-order valence-electron chi connectivity index (χ1n) is 5.78. The summed E-state index contributed by atoms with van der Waals surface area (Å²) in [7, 11) is 0. The summed E-state index contributed by atoms with van der Waals surface area (Å²) in [5.41, 5.74) is 0. The molecule has 1 N–H and O–H groups in total. The van der Waals surface area contributed by atoms with Gasteiger partial charge in [0.15, 0.2) is 5.01 Å². The number of hydrogen-bond donors (Lipinski definition) is 1. The average Bonchev–Trinajstić information content (AvgIpc) is 2.82. The lowest BCUT2D eigenvalue weighted by molar-refractivity contribution is -0.137. The van der Waals surface area contributed by atoms with Crippen LogP contribution < -0.4 is 5.32 Å². The first kappa shape index (κ1) is 12.8. The highest BCUT2D eigenvalue weighted by atomic mass is 32.1. The van der Waals surface area contributed by atoms with Gasteiger partial charge in [0.25, 0.3) is 0 Å². The van der Waals surface area contributed by atoms with Crippen LogP contribution in [0.15, 0.2) is 6.20 Å². The maximum atomic E-state index is 12.5. The van der Waals surface area contributed by atoms with Gasteiger partial charge in [-0.15, -0.1) is 11.3 Å². The van der Waals surface area contributed by atoms with Gasteiger partial charge >= 0.3 is 6.18 Å². The van der Waals surface area contributed by atoms with E-state index in [4.69, 9.17) is 0 Å². The molecule has 0 amide bonds. The van der Waals surface area contributed by atoms with E-state index >= 15 is 0 Å². The predicted octanol–water partition coefficient (Wildman–Crippen LogP) is 3.41. The highest BCUT2D eigenvalue weighted by Gasteiger charge is 2.37. The Bertz CT molecular complexity index is 375. The lowest BCUT2D eigenvalue weighted by Crippen LogP contribution is -2.30. The zero-order chi connectivity index (χ0) is 12.5. The van der Waals surface area contributed by atoms with Crippen LogP contribution in [-0.2, 0) is 6.18 Å². The van der Waals surface area contributed by atoms with Gasteiger partial charge in [-0.2, -0.15) is 13.2 Å². The van der Waals surface area contributed by atoms with Crippen molar-refractivity contribution in [1.82, 2.24) is 10.3 Å². The summed E-state index contributed by atoms with van der Waals surface area (Å²) >= 11 is 0.791. The molecular formula is C11H15F3N2S. The second kappa shape index (κ2) is 4.94. The van der Waals surface area contributed by atoms with Crippen LogP contribution in [0.1, 0.15) is 42.0 Å². The van der Waals surface area contributed by atoms with Gasteiger partial charge in [0.05, 0.1) is 0 Å². The highest BCUT2D eigenvalue weighted by Crippen LogP contribution is 2.40. The Morgan fingerprint density at radius 2 is 2.24 bits per heavy atom. The number of nitrogens with one attached hydrogen (secondary N) is 1. The Morgan fingerprint density at radius 3 is 2.82 bits per heavy atom. The van der Waals surface area contributed by atoms with Gasteiger partial charge < -0.3 is 5.32 Å². The van der Waals surface area contributed by atoms with Gasteiger partial charge in [-0.25, -0.2) is 4.98 Å². The number of nitrogens with zero attached hydrogens (tertiary/aromatic N) is 1. The SMILES string of the molecule is CCNC1CCCC1c1cnc(C(F)(F)F)s1. The second-order valence-corrected chi connectivity index (χ2v) is 5.33. The van der Waals surface area contributed by atoms with Gasteiger partial charge in [0.2, 0.25) is 0 Å².